The molecule has 0 atom stereocenters. The molecule has 136 valence electrons. The van der Waals surface area contributed by atoms with E-state index in [9.17, 15) is 13.2 Å². The normalized spacial score (nSPS) is 11.9. The quantitative estimate of drug-likeness (QED) is 0.440. The highest BCUT2D eigenvalue weighted by molar-refractivity contribution is 6.33. The number of rotatable bonds is 2. The molecular weight excluding hydrogens is 375 g/mol. The van der Waals surface area contributed by atoms with E-state index < -0.39 is 11.7 Å². The maximum Gasteiger partial charge on any atom is 0.416 e. The largest absolute Gasteiger partial charge is 0.416 e. The molecule has 1 N–H and O–H groups in total. The van der Waals surface area contributed by atoms with Crippen molar-refractivity contribution in [2.24, 2.45) is 0 Å². The van der Waals surface area contributed by atoms with Crippen molar-refractivity contribution in [2.45, 2.75) is 13.1 Å². The molecule has 27 heavy (non-hydrogen) atoms. The molecule has 0 aliphatic heterocycles. The highest BCUT2D eigenvalue weighted by Gasteiger charge is 2.31. The summed E-state index contributed by atoms with van der Waals surface area (Å²) in [5, 5.41) is 0.546. The molecule has 0 amide bonds. The Labute approximate surface area is 157 Å². The van der Waals surface area contributed by atoms with Gasteiger partial charge in [0.1, 0.15) is 5.82 Å². The van der Waals surface area contributed by atoms with E-state index in [2.05, 4.69) is 15.0 Å². The van der Waals surface area contributed by atoms with E-state index in [0.717, 1.165) is 23.3 Å². The molecule has 7 heteroatoms. The Hall–Kier alpha value is -2.86. The number of halogens is 4. The van der Waals surface area contributed by atoms with E-state index in [4.69, 9.17) is 11.6 Å². The van der Waals surface area contributed by atoms with Crippen molar-refractivity contribution in [2.75, 3.05) is 0 Å². The number of hydrogen-bond acceptors (Lipinski definition) is 2. The van der Waals surface area contributed by atoms with Gasteiger partial charge in [-0.15, -0.1) is 0 Å². The van der Waals surface area contributed by atoms with E-state index in [1.807, 2.05) is 24.3 Å². The van der Waals surface area contributed by atoms with E-state index in [-0.39, 0.29) is 0 Å². The Bertz CT molecular complexity index is 1130. The minimum Gasteiger partial charge on any atom is -0.338 e. The molecule has 0 saturated carbocycles. The van der Waals surface area contributed by atoms with Crippen LogP contribution in [-0.4, -0.2) is 15.0 Å². The van der Waals surface area contributed by atoms with Gasteiger partial charge in [-0.05, 0) is 36.8 Å². The number of imidazole rings is 1. The molecular formula is C20H13ClF3N3. The molecule has 2 aromatic carbocycles. The Morgan fingerprint density at radius 1 is 1.00 bits per heavy atom. The summed E-state index contributed by atoms with van der Waals surface area (Å²) in [6, 6.07) is 13.1. The second kappa shape index (κ2) is 6.39. The molecule has 2 heterocycles. The zero-order valence-corrected chi connectivity index (χ0v) is 14.9. The fourth-order valence-corrected chi connectivity index (χ4v) is 3.21. The summed E-state index contributed by atoms with van der Waals surface area (Å²) in [5.41, 5.74) is 2.93. The molecule has 4 rings (SSSR count). The number of H-pyrrole nitrogens is 1. The number of nitrogens with zero attached hydrogens (tertiary/aromatic N) is 2. The molecule has 0 spiro atoms. The number of alkyl halides is 3. The van der Waals surface area contributed by atoms with Gasteiger partial charge in [0.05, 0.1) is 27.3 Å². The number of pyridine rings is 1. The van der Waals surface area contributed by atoms with Crippen LogP contribution < -0.4 is 0 Å². The summed E-state index contributed by atoms with van der Waals surface area (Å²) < 4.78 is 39.0. The first-order chi connectivity index (χ1) is 12.8. The lowest BCUT2D eigenvalue weighted by atomic mass is 10.1. The van der Waals surface area contributed by atoms with Crippen LogP contribution in [0, 0.1) is 6.92 Å². The monoisotopic (exact) mass is 387 g/mol. The van der Waals surface area contributed by atoms with Gasteiger partial charge < -0.3 is 4.98 Å². The van der Waals surface area contributed by atoms with Crippen molar-refractivity contribution in [3.05, 3.63) is 70.9 Å². The molecule has 2 aromatic heterocycles. The van der Waals surface area contributed by atoms with Crippen LogP contribution in [0.2, 0.25) is 5.02 Å². The van der Waals surface area contributed by atoms with Crippen molar-refractivity contribution in [1.29, 1.82) is 0 Å². The number of benzene rings is 2. The minimum atomic E-state index is -4.40. The first-order valence-corrected chi connectivity index (χ1v) is 8.49. The van der Waals surface area contributed by atoms with Gasteiger partial charge in [-0.25, -0.2) is 4.98 Å². The summed E-state index contributed by atoms with van der Waals surface area (Å²) in [4.78, 5) is 11.7. The third-order valence-corrected chi connectivity index (χ3v) is 4.60. The number of hydrogen-bond donors (Lipinski definition) is 1. The van der Waals surface area contributed by atoms with Crippen LogP contribution in [0.3, 0.4) is 0 Å². The van der Waals surface area contributed by atoms with Crippen molar-refractivity contribution < 1.29 is 13.2 Å². The summed E-state index contributed by atoms with van der Waals surface area (Å²) in [5.74, 6) is 0.506. The number of nitrogens with one attached hydrogen (secondary N) is 1. The molecule has 0 radical (unpaired) electrons. The van der Waals surface area contributed by atoms with E-state index in [1.165, 1.54) is 0 Å². The van der Waals surface area contributed by atoms with Crippen molar-refractivity contribution in [1.82, 2.24) is 15.0 Å². The minimum absolute atomic E-state index is 0.356. The lowest BCUT2D eigenvalue weighted by molar-refractivity contribution is -0.137. The lowest BCUT2D eigenvalue weighted by Gasteiger charge is -2.07. The third kappa shape index (κ3) is 3.28. The molecule has 0 unspecified atom stereocenters. The van der Waals surface area contributed by atoms with Gasteiger partial charge in [-0.2, -0.15) is 13.2 Å². The van der Waals surface area contributed by atoms with E-state index in [0.29, 0.717) is 33.1 Å². The van der Waals surface area contributed by atoms with Gasteiger partial charge in [-0.3, -0.25) is 4.98 Å². The second-order valence-corrected chi connectivity index (χ2v) is 6.59. The third-order valence-electron chi connectivity index (χ3n) is 4.29. The maximum atomic E-state index is 13.0. The second-order valence-electron chi connectivity index (χ2n) is 6.18. The number of aromatic nitrogens is 3. The van der Waals surface area contributed by atoms with Crippen LogP contribution in [0.1, 0.15) is 11.1 Å². The van der Waals surface area contributed by atoms with E-state index >= 15 is 0 Å². The highest BCUT2D eigenvalue weighted by Crippen LogP contribution is 2.34. The van der Waals surface area contributed by atoms with Crippen LogP contribution in [0.25, 0.3) is 33.7 Å². The Balaban J connectivity index is 1.74. The predicted molar refractivity (Wildman–Crippen MR) is 99.5 cm³/mol. The molecule has 0 bridgehead atoms. The number of aromatic amines is 1. The Kier molecular flexibility index (Phi) is 4.15. The summed E-state index contributed by atoms with van der Waals surface area (Å²) in [6.07, 6.45) is -2.73. The molecule has 0 fully saturated rings. The zero-order valence-electron chi connectivity index (χ0n) is 14.1. The Morgan fingerprint density at radius 3 is 2.37 bits per heavy atom. The van der Waals surface area contributed by atoms with Crippen LogP contribution in [-0.2, 0) is 6.18 Å². The highest BCUT2D eigenvalue weighted by atomic mass is 35.5. The van der Waals surface area contributed by atoms with Crippen LogP contribution in [0.4, 0.5) is 13.2 Å². The fraction of sp³-hybridized carbons (Fsp3) is 0.100. The van der Waals surface area contributed by atoms with Crippen molar-refractivity contribution >= 4 is 22.6 Å². The fourth-order valence-electron chi connectivity index (χ4n) is 2.98. The van der Waals surface area contributed by atoms with Gasteiger partial charge in [0.25, 0.3) is 0 Å². The van der Waals surface area contributed by atoms with Crippen LogP contribution in [0.15, 0.2) is 54.7 Å². The summed E-state index contributed by atoms with van der Waals surface area (Å²) in [7, 11) is 0. The number of aryl methyl sites for hydroxylation is 1. The van der Waals surface area contributed by atoms with Crippen molar-refractivity contribution in [3.8, 4) is 22.6 Å². The SMILES string of the molecule is Cc1cc(C(F)(F)F)cc2[nH]c(-c3ccc(-c4ncccc4Cl)cc3)nc12. The maximum absolute atomic E-state index is 13.0. The standard InChI is InChI=1S/C20H13ClF3N3/c1-11-9-14(20(22,23)24)10-16-17(11)27-19(26-16)13-6-4-12(5-7-13)18-15(21)3-2-8-25-18/h2-10H,1H3,(H,26,27). The molecule has 0 saturated heterocycles. The Morgan fingerprint density at radius 2 is 1.70 bits per heavy atom. The molecule has 0 aliphatic carbocycles. The van der Waals surface area contributed by atoms with Gasteiger partial charge in [0.15, 0.2) is 0 Å². The van der Waals surface area contributed by atoms with Crippen LogP contribution >= 0.6 is 11.6 Å². The average molecular weight is 388 g/mol. The van der Waals surface area contributed by atoms with Crippen molar-refractivity contribution in [3.63, 3.8) is 0 Å². The van der Waals surface area contributed by atoms with Gasteiger partial charge in [0.2, 0.25) is 0 Å². The average Bonchev–Trinajstić information content (AvgIpc) is 3.06. The first-order valence-electron chi connectivity index (χ1n) is 8.12. The lowest BCUT2D eigenvalue weighted by Crippen LogP contribution is -2.05. The predicted octanol–water partition coefficient (Wildman–Crippen LogP) is 6.27. The molecule has 3 nitrogen and oxygen atoms in total. The smallest absolute Gasteiger partial charge is 0.338 e. The zero-order chi connectivity index (χ0) is 19.2. The van der Waals surface area contributed by atoms with Gasteiger partial charge in [-0.1, -0.05) is 35.9 Å². The first kappa shape index (κ1) is 17.5. The number of fused-ring (bicyclic) bond motifs is 1. The molecule has 0 aliphatic rings. The summed E-state index contributed by atoms with van der Waals surface area (Å²) in [6.45, 7) is 1.62. The van der Waals surface area contributed by atoms with Crippen LogP contribution in [0.5, 0.6) is 0 Å². The summed E-state index contributed by atoms with van der Waals surface area (Å²) >= 11 is 6.17. The van der Waals surface area contributed by atoms with Gasteiger partial charge >= 0.3 is 6.18 Å². The van der Waals surface area contributed by atoms with E-state index in [1.54, 1.807) is 25.3 Å². The molecule has 4 aromatic rings. The van der Waals surface area contributed by atoms with Gasteiger partial charge in [0, 0.05) is 17.3 Å². The topological polar surface area (TPSA) is 41.6 Å².